The number of hydrogen-bond acceptors (Lipinski definition) is 8. The van der Waals surface area contributed by atoms with Gasteiger partial charge < -0.3 is 14.4 Å². The van der Waals surface area contributed by atoms with E-state index in [4.69, 9.17) is 14.5 Å². The number of amides is 1. The number of hydrogen-bond donors (Lipinski definition) is 0. The van der Waals surface area contributed by atoms with Crippen LogP contribution in [0.4, 0.5) is 5.13 Å². The molecule has 0 atom stereocenters. The van der Waals surface area contributed by atoms with Crippen LogP contribution < -0.4 is 14.4 Å². The van der Waals surface area contributed by atoms with Crippen LogP contribution in [-0.2, 0) is 0 Å². The Balaban J connectivity index is 1.51. The van der Waals surface area contributed by atoms with Crippen molar-refractivity contribution in [3.8, 4) is 11.5 Å². The van der Waals surface area contributed by atoms with Crippen LogP contribution in [-0.4, -0.2) is 53.7 Å². The van der Waals surface area contributed by atoms with Gasteiger partial charge in [-0.15, -0.1) is 11.3 Å². The number of anilines is 1. The Bertz CT molecular complexity index is 1170. The number of aromatic nitrogens is 2. The highest BCUT2D eigenvalue weighted by molar-refractivity contribution is 7.23. The van der Waals surface area contributed by atoms with Crippen molar-refractivity contribution in [1.82, 2.24) is 14.9 Å². The van der Waals surface area contributed by atoms with Crippen molar-refractivity contribution in [2.24, 2.45) is 0 Å². The molecule has 0 saturated heterocycles. The monoisotopic (exact) mass is 454 g/mol. The zero-order chi connectivity index (χ0) is 21.4. The molecule has 4 aromatic rings. The van der Waals surface area contributed by atoms with Crippen LogP contribution in [0, 0.1) is 0 Å². The minimum absolute atomic E-state index is 0.118. The molecule has 160 valence electrons. The molecule has 5 rings (SSSR count). The van der Waals surface area contributed by atoms with Gasteiger partial charge in [0.15, 0.2) is 21.6 Å². The summed E-state index contributed by atoms with van der Waals surface area (Å²) >= 11 is 2.90. The number of carbonyl (C=O) groups excluding carboxylic acids is 1. The molecule has 1 amide bonds. The molecule has 31 heavy (non-hydrogen) atoms. The van der Waals surface area contributed by atoms with Crippen molar-refractivity contribution >= 4 is 54.1 Å². The van der Waals surface area contributed by atoms with Gasteiger partial charge in [0.05, 0.1) is 20.4 Å². The molecule has 1 aliphatic heterocycles. The summed E-state index contributed by atoms with van der Waals surface area (Å²) in [5.41, 5.74) is 1.64. The highest BCUT2D eigenvalue weighted by Crippen LogP contribution is 2.40. The predicted molar refractivity (Wildman–Crippen MR) is 125 cm³/mol. The van der Waals surface area contributed by atoms with Crippen molar-refractivity contribution in [3.63, 3.8) is 0 Å². The van der Waals surface area contributed by atoms with Gasteiger partial charge in [0.25, 0.3) is 5.91 Å². The van der Waals surface area contributed by atoms with Crippen LogP contribution in [0.1, 0.15) is 23.6 Å². The fraction of sp³-hybridized carbons (Fsp3) is 0.318. The first-order valence-corrected chi connectivity index (χ1v) is 11.9. The minimum atomic E-state index is -0.118. The molecule has 0 saturated carbocycles. The van der Waals surface area contributed by atoms with Gasteiger partial charge in [-0.3, -0.25) is 9.69 Å². The maximum absolute atomic E-state index is 13.6. The predicted octanol–water partition coefficient (Wildman–Crippen LogP) is 4.62. The smallest absolute Gasteiger partial charge is 0.289 e. The lowest BCUT2D eigenvalue weighted by Gasteiger charge is -2.24. The van der Waals surface area contributed by atoms with E-state index in [9.17, 15) is 4.79 Å². The molecule has 0 aliphatic carbocycles. The van der Waals surface area contributed by atoms with Crippen molar-refractivity contribution in [1.29, 1.82) is 0 Å². The van der Waals surface area contributed by atoms with E-state index >= 15 is 0 Å². The normalized spacial score (nSPS) is 12.9. The number of likely N-dealkylation sites (N-methyl/N-ethyl adjacent to an activating group) is 1. The van der Waals surface area contributed by atoms with Crippen molar-refractivity contribution in [2.75, 3.05) is 37.9 Å². The molecule has 3 heterocycles. The second-order valence-corrected chi connectivity index (χ2v) is 9.18. The van der Waals surface area contributed by atoms with Gasteiger partial charge in [-0.1, -0.05) is 37.3 Å². The van der Waals surface area contributed by atoms with Gasteiger partial charge in [0, 0.05) is 25.2 Å². The summed E-state index contributed by atoms with van der Waals surface area (Å²) in [6.45, 7) is 7.66. The number of nitrogens with zero attached hydrogens (tertiary/aromatic N) is 4. The van der Waals surface area contributed by atoms with Gasteiger partial charge in [0.1, 0.15) is 0 Å². The van der Waals surface area contributed by atoms with E-state index in [1.807, 2.05) is 36.4 Å². The lowest BCUT2D eigenvalue weighted by atomic mass is 10.3. The summed E-state index contributed by atoms with van der Waals surface area (Å²) < 4.78 is 12.9. The quantitative estimate of drug-likeness (QED) is 0.406. The lowest BCUT2D eigenvalue weighted by molar-refractivity contribution is 0.0983. The Morgan fingerprint density at radius 2 is 1.74 bits per heavy atom. The van der Waals surface area contributed by atoms with E-state index < -0.39 is 0 Å². The number of ether oxygens (including phenoxy) is 2. The average Bonchev–Trinajstić information content (AvgIpc) is 3.51. The molecular weight excluding hydrogens is 432 g/mol. The SMILES string of the molecule is CCN(CC)CCN(C(=O)c1nc2ccccc2s1)c1nc2cc3c(cc2s1)OCO3. The molecule has 2 aromatic heterocycles. The zero-order valence-electron chi connectivity index (χ0n) is 17.3. The largest absolute Gasteiger partial charge is 0.454 e. The summed E-state index contributed by atoms with van der Waals surface area (Å²) in [4.78, 5) is 27.0. The van der Waals surface area contributed by atoms with Gasteiger partial charge >= 0.3 is 0 Å². The molecule has 1 aliphatic rings. The zero-order valence-corrected chi connectivity index (χ0v) is 19.0. The standard InChI is InChI=1S/C22H22N4O3S2/c1-3-25(4-2)9-10-26(21(27)20-23-14-7-5-6-8-18(14)30-20)22-24-15-11-16-17(29-13-28-16)12-19(15)31-22/h5-8,11-12H,3-4,9-10,13H2,1-2H3. The van der Waals surface area contributed by atoms with Crippen LogP contribution >= 0.6 is 22.7 Å². The van der Waals surface area contributed by atoms with Crippen LogP contribution in [0.5, 0.6) is 11.5 Å². The summed E-state index contributed by atoms with van der Waals surface area (Å²) in [6.07, 6.45) is 0. The third kappa shape index (κ3) is 3.84. The Labute approximate surface area is 187 Å². The molecule has 2 aromatic carbocycles. The van der Waals surface area contributed by atoms with E-state index in [-0.39, 0.29) is 12.7 Å². The molecule has 0 fully saturated rings. The average molecular weight is 455 g/mol. The van der Waals surface area contributed by atoms with Crippen LogP contribution in [0.2, 0.25) is 0 Å². The first kappa shape index (κ1) is 20.2. The Kier molecular flexibility index (Phi) is 5.47. The molecule has 9 heteroatoms. The molecular formula is C22H22N4O3S2. The summed E-state index contributed by atoms with van der Waals surface area (Å²) in [5.74, 6) is 1.29. The maximum atomic E-state index is 13.6. The molecule has 0 spiro atoms. The number of thiazole rings is 2. The van der Waals surface area contributed by atoms with Gasteiger partial charge in [-0.2, -0.15) is 0 Å². The molecule has 0 radical (unpaired) electrons. The third-order valence-electron chi connectivity index (χ3n) is 5.36. The van der Waals surface area contributed by atoms with E-state index in [2.05, 4.69) is 23.7 Å². The Hall–Kier alpha value is -2.75. The van der Waals surface area contributed by atoms with Crippen molar-refractivity contribution in [3.05, 3.63) is 41.4 Å². The van der Waals surface area contributed by atoms with E-state index in [0.29, 0.717) is 22.4 Å². The summed E-state index contributed by atoms with van der Waals surface area (Å²) in [5, 5.41) is 1.14. The van der Waals surface area contributed by atoms with Crippen molar-refractivity contribution in [2.45, 2.75) is 13.8 Å². The van der Waals surface area contributed by atoms with Crippen molar-refractivity contribution < 1.29 is 14.3 Å². The minimum Gasteiger partial charge on any atom is -0.454 e. The number of para-hydroxylation sites is 1. The van der Waals surface area contributed by atoms with E-state index in [1.54, 1.807) is 4.90 Å². The lowest BCUT2D eigenvalue weighted by Crippen LogP contribution is -2.38. The molecule has 0 N–H and O–H groups in total. The molecule has 0 bridgehead atoms. The maximum Gasteiger partial charge on any atom is 0.289 e. The summed E-state index contributed by atoms with van der Waals surface area (Å²) in [7, 11) is 0. The fourth-order valence-electron chi connectivity index (χ4n) is 3.57. The first-order valence-electron chi connectivity index (χ1n) is 10.3. The highest BCUT2D eigenvalue weighted by Gasteiger charge is 2.26. The fourth-order valence-corrected chi connectivity index (χ4v) is 5.48. The number of fused-ring (bicyclic) bond motifs is 3. The van der Waals surface area contributed by atoms with E-state index in [1.165, 1.54) is 22.7 Å². The molecule has 7 nitrogen and oxygen atoms in total. The van der Waals surface area contributed by atoms with E-state index in [0.717, 1.165) is 45.8 Å². The number of rotatable bonds is 7. The van der Waals surface area contributed by atoms with Crippen LogP contribution in [0.25, 0.3) is 20.4 Å². The Morgan fingerprint density at radius 3 is 2.52 bits per heavy atom. The number of carbonyl (C=O) groups is 1. The highest BCUT2D eigenvalue weighted by atomic mass is 32.1. The number of benzene rings is 2. The van der Waals surface area contributed by atoms with Crippen LogP contribution in [0.3, 0.4) is 0 Å². The van der Waals surface area contributed by atoms with Gasteiger partial charge in [-0.25, -0.2) is 9.97 Å². The van der Waals surface area contributed by atoms with Crippen LogP contribution in [0.15, 0.2) is 36.4 Å². The first-order chi connectivity index (χ1) is 15.2. The Morgan fingerprint density at radius 1 is 0.968 bits per heavy atom. The second kappa shape index (κ2) is 8.41. The summed E-state index contributed by atoms with van der Waals surface area (Å²) in [6, 6.07) is 11.6. The van der Waals surface area contributed by atoms with Gasteiger partial charge in [0.2, 0.25) is 6.79 Å². The third-order valence-corrected chi connectivity index (χ3v) is 7.42. The van der Waals surface area contributed by atoms with Gasteiger partial charge in [-0.05, 0) is 25.2 Å². The second-order valence-electron chi connectivity index (χ2n) is 7.14. The topological polar surface area (TPSA) is 67.8 Å². The molecule has 0 unspecified atom stereocenters.